The molecule has 1 N–H and O–H groups in total. The number of likely N-dealkylation sites (N-methyl/N-ethyl adjacent to an activating group) is 1. The highest BCUT2D eigenvalue weighted by atomic mass is 32.2. The van der Waals surface area contributed by atoms with Gasteiger partial charge in [0.25, 0.3) is 0 Å². The first kappa shape index (κ1) is 28.4. The number of benzene rings is 2. The van der Waals surface area contributed by atoms with Gasteiger partial charge < -0.3 is 10.2 Å². The van der Waals surface area contributed by atoms with Crippen molar-refractivity contribution in [3.63, 3.8) is 0 Å². The zero-order valence-electron chi connectivity index (χ0n) is 21.6. The van der Waals surface area contributed by atoms with Crippen LogP contribution in [-0.2, 0) is 26.0 Å². The quantitative estimate of drug-likeness (QED) is 0.452. The van der Waals surface area contributed by atoms with E-state index in [0.717, 1.165) is 16.7 Å². The van der Waals surface area contributed by atoms with Gasteiger partial charge in [-0.2, -0.15) is 0 Å². The smallest absolute Gasteiger partial charge is 0.242 e. The summed E-state index contributed by atoms with van der Waals surface area (Å²) in [5, 5.41) is 2.84. The molecule has 0 aliphatic carbocycles. The summed E-state index contributed by atoms with van der Waals surface area (Å²) in [5.41, 5.74) is 3.55. The van der Waals surface area contributed by atoms with E-state index in [1.165, 1.54) is 10.6 Å². The van der Waals surface area contributed by atoms with Gasteiger partial charge in [-0.25, -0.2) is 8.42 Å². The molecule has 35 heavy (non-hydrogen) atoms. The van der Waals surface area contributed by atoms with Crippen LogP contribution in [0.2, 0.25) is 0 Å². The topological polar surface area (TPSA) is 86.8 Å². The van der Waals surface area contributed by atoms with Crippen molar-refractivity contribution in [3.05, 3.63) is 65.2 Å². The highest BCUT2D eigenvalue weighted by Crippen LogP contribution is 2.24. The van der Waals surface area contributed by atoms with Gasteiger partial charge in [0.2, 0.25) is 21.8 Å². The molecule has 2 amide bonds. The molecule has 0 aliphatic rings. The van der Waals surface area contributed by atoms with Gasteiger partial charge in [-0.1, -0.05) is 49.4 Å². The number of carbonyl (C=O) groups excluding carboxylic acids is 2. The second kappa shape index (κ2) is 13.3. The predicted octanol–water partition coefficient (Wildman–Crippen LogP) is 3.84. The van der Waals surface area contributed by atoms with Crippen LogP contribution >= 0.6 is 0 Å². The first-order chi connectivity index (χ1) is 16.6. The number of sulfonamides is 1. The zero-order chi connectivity index (χ0) is 26.0. The predicted molar refractivity (Wildman–Crippen MR) is 142 cm³/mol. The maximum atomic E-state index is 13.3. The molecule has 0 spiro atoms. The summed E-state index contributed by atoms with van der Waals surface area (Å²) < 4.78 is 26.5. The van der Waals surface area contributed by atoms with Gasteiger partial charge in [-0.3, -0.25) is 13.9 Å². The van der Waals surface area contributed by atoms with Crippen LogP contribution in [0.25, 0.3) is 0 Å². The molecule has 0 saturated heterocycles. The Morgan fingerprint density at radius 3 is 2.29 bits per heavy atom. The minimum absolute atomic E-state index is 0.145. The molecule has 2 aromatic carbocycles. The largest absolute Gasteiger partial charge is 0.355 e. The maximum Gasteiger partial charge on any atom is 0.242 e. The van der Waals surface area contributed by atoms with E-state index >= 15 is 0 Å². The van der Waals surface area contributed by atoms with Gasteiger partial charge in [0.05, 0.1) is 11.9 Å². The summed E-state index contributed by atoms with van der Waals surface area (Å²) in [6.45, 7) is 8.66. The normalized spacial score (nSPS) is 12.1. The van der Waals surface area contributed by atoms with E-state index in [2.05, 4.69) is 5.32 Å². The van der Waals surface area contributed by atoms with Crippen molar-refractivity contribution in [1.29, 1.82) is 0 Å². The Labute approximate surface area is 210 Å². The fourth-order valence-corrected chi connectivity index (χ4v) is 5.17. The minimum Gasteiger partial charge on any atom is -0.355 e. The lowest BCUT2D eigenvalue weighted by atomic mass is 10.1. The third-order valence-electron chi connectivity index (χ3n) is 6.01. The van der Waals surface area contributed by atoms with E-state index in [9.17, 15) is 18.0 Å². The molecule has 0 saturated carbocycles. The summed E-state index contributed by atoms with van der Waals surface area (Å²) >= 11 is 0. The van der Waals surface area contributed by atoms with Gasteiger partial charge in [-0.15, -0.1) is 0 Å². The summed E-state index contributed by atoms with van der Waals surface area (Å²) in [7, 11) is -3.52. The number of rotatable bonds is 13. The molecule has 0 aliphatic heterocycles. The average Bonchev–Trinajstić information content (AvgIpc) is 2.81. The van der Waals surface area contributed by atoms with Gasteiger partial charge in [-0.05, 0) is 62.8 Å². The van der Waals surface area contributed by atoms with Crippen LogP contribution < -0.4 is 9.62 Å². The Balaban J connectivity index is 2.17. The van der Waals surface area contributed by atoms with E-state index in [1.807, 2.05) is 76.2 Å². The van der Waals surface area contributed by atoms with E-state index in [4.69, 9.17) is 0 Å². The molecule has 0 aromatic heterocycles. The van der Waals surface area contributed by atoms with Crippen LogP contribution in [0.15, 0.2) is 48.5 Å². The Morgan fingerprint density at radius 2 is 1.69 bits per heavy atom. The van der Waals surface area contributed by atoms with Crippen LogP contribution in [0.4, 0.5) is 5.69 Å². The molecule has 0 fully saturated rings. The molecule has 8 heteroatoms. The SMILES string of the molecule is CCNC(=O)[C@@H](CC)N(CCc1ccccc1)C(=O)CCCN(c1cc(C)ccc1C)S(C)(=O)=O. The van der Waals surface area contributed by atoms with Gasteiger partial charge in [0.1, 0.15) is 6.04 Å². The molecule has 192 valence electrons. The maximum absolute atomic E-state index is 13.3. The molecule has 0 radical (unpaired) electrons. The first-order valence-corrected chi connectivity index (χ1v) is 14.1. The van der Waals surface area contributed by atoms with Crippen molar-refractivity contribution < 1.29 is 18.0 Å². The van der Waals surface area contributed by atoms with Crippen molar-refractivity contribution in [3.8, 4) is 0 Å². The molecule has 2 rings (SSSR count). The number of aryl methyl sites for hydroxylation is 2. The number of nitrogens with one attached hydrogen (secondary N) is 1. The van der Waals surface area contributed by atoms with E-state index in [1.54, 1.807) is 4.90 Å². The molecule has 7 nitrogen and oxygen atoms in total. The Hall–Kier alpha value is -2.87. The van der Waals surface area contributed by atoms with Crippen LogP contribution in [-0.4, -0.2) is 57.1 Å². The van der Waals surface area contributed by atoms with E-state index in [0.29, 0.717) is 38.0 Å². The molecular weight excluding hydrogens is 462 g/mol. The third-order valence-corrected chi connectivity index (χ3v) is 7.19. The zero-order valence-corrected chi connectivity index (χ0v) is 22.4. The molecule has 0 bridgehead atoms. The Kier molecular flexibility index (Phi) is 10.8. The highest BCUT2D eigenvalue weighted by Gasteiger charge is 2.28. The van der Waals surface area contributed by atoms with Crippen molar-refractivity contribution in [2.45, 2.75) is 59.4 Å². The number of anilines is 1. The molecule has 1 atom stereocenters. The number of hydrogen-bond acceptors (Lipinski definition) is 4. The lowest BCUT2D eigenvalue weighted by molar-refractivity contribution is -0.140. The monoisotopic (exact) mass is 501 g/mol. The first-order valence-electron chi connectivity index (χ1n) is 12.2. The minimum atomic E-state index is -3.52. The standard InChI is InChI=1S/C27H39N3O4S/c1-6-24(27(32)28-7-2)29(19-17-23-12-9-8-10-13-23)26(31)14-11-18-30(35(5,33)34)25-20-21(3)15-16-22(25)4/h8-10,12-13,15-16,20,24H,6-7,11,14,17-19H2,1-5H3,(H,28,32)/t24-/m1/s1. The van der Waals surface area contributed by atoms with Crippen LogP contribution in [0, 0.1) is 13.8 Å². The van der Waals surface area contributed by atoms with Crippen molar-refractivity contribution in [2.75, 3.05) is 30.2 Å². The summed E-state index contributed by atoms with van der Waals surface area (Å²) in [5.74, 6) is -0.307. The molecular formula is C27H39N3O4S. The number of hydrogen-bond donors (Lipinski definition) is 1. The molecule has 0 unspecified atom stereocenters. The fraction of sp³-hybridized carbons (Fsp3) is 0.481. The second-order valence-electron chi connectivity index (χ2n) is 8.87. The number of carbonyl (C=O) groups is 2. The van der Waals surface area contributed by atoms with Gasteiger partial charge in [0, 0.05) is 26.1 Å². The Morgan fingerprint density at radius 1 is 1.00 bits per heavy atom. The molecule has 2 aromatic rings. The Bertz CT molecular complexity index is 1090. The lowest BCUT2D eigenvalue weighted by Crippen LogP contribution is -2.50. The fourth-order valence-electron chi connectivity index (χ4n) is 4.16. The summed E-state index contributed by atoms with van der Waals surface area (Å²) in [6, 6.07) is 15.0. The number of nitrogens with zero attached hydrogens (tertiary/aromatic N) is 2. The highest BCUT2D eigenvalue weighted by molar-refractivity contribution is 7.92. The summed E-state index contributed by atoms with van der Waals surface area (Å²) in [6.07, 6.45) is 2.84. The lowest BCUT2D eigenvalue weighted by Gasteiger charge is -2.31. The van der Waals surface area contributed by atoms with Crippen molar-refractivity contribution in [2.24, 2.45) is 0 Å². The van der Waals surface area contributed by atoms with E-state index in [-0.39, 0.29) is 24.8 Å². The van der Waals surface area contributed by atoms with Gasteiger partial charge >= 0.3 is 0 Å². The van der Waals surface area contributed by atoms with Crippen molar-refractivity contribution in [1.82, 2.24) is 10.2 Å². The van der Waals surface area contributed by atoms with Crippen molar-refractivity contribution >= 4 is 27.5 Å². The van der Waals surface area contributed by atoms with Gasteiger partial charge in [0.15, 0.2) is 0 Å². The van der Waals surface area contributed by atoms with Crippen LogP contribution in [0.5, 0.6) is 0 Å². The molecule has 0 heterocycles. The van der Waals surface area contributed by atoms with E-state index < -0.39 is 16.1 Å². The average molecular weight is 502 g/mol. The third kappa shape index (κ3) is 8.38. The van der Waals surface area contributed by atoms with Crippen LogP contribution in [0.1, 0.15) is 49.8 Å². The van der Waals surface area contributed by atoms with Crippen LogP contribution in [0.3, 0.4) is 0 Å². The second-order valence-corrected chi connectivity index (χ2v) is 10.8. The summed E-state index contributed by atoms with van der Waals surface area (Å²) in [4.78, 5) is 27.7. The number of amides is 2.